The molecule has 2 aromatic carbocycles. The molecule has 0 aliphatic heterocycles. The molecule has 4 aromatic rings. The van der Waals surface area contributed by atoms with Gasteiger partial charge in [0.25, 0.3) is 5.91 Å². The average Bonchev–Trinajstić information content (AvgIpc) is 3.02. The summed E-state index contributed by atoms with van der Waals surface area (Å²) in [5, 5.41) is 0. The number of fused-ring (bicyclic) bond motifs is 2. The van der Waals surface area contributed by atoms with Crippen molar-refractivity contribution in [2.24, 2.45) is 4.99 Å². The van der Waals surface area contributed by atoms with E-state index in [0.717, 1.165) is 15.7 Å². The lowest BCUT2D eigenvalue weighted by atomic mass is 10.1. The molecule has 0 radical (unpaired) electrons. The second-order valence-electron chi connectivity index (χ2n) is 6.59. The lowest BCUT2D eigenvalue weighted by Crippen LogP contribution is -2.19. The Hall–Kier alpha value is -2.90. The SMILES string of the molecule is COCCn1c(=NC(=O)c2cnc3ccccc3n2)sc2cc(C)c(C)cc21. The van der Waals surface area contributed by atoms with Crippen molar-refractivity contribution in [3.05, 3.63) is 64.2 Å². The lowest BCUT2D eigenvalue weighted by molar-refractivity contribution is 0.0992. The summed E-state index contributed by atoms with van der Waals surface area (Å²) < 4.78 is 8.37. The molecule has 0 spiro atoms. The van der Waals surface area contributed by atoms with Crippen LogP contribution in [-0.2, 0) is 11.3 Å². The normalized spacial score (nSPS) is 12.2. The van der Waals surface area contributed by atoms with E-state index in [-0.39, 0.29) is 5.69 Å². The van der Waals surface area contributed by atoms with Gasteiger partial charge in [0.05, 0.1) is 34.1 Å². The molecule has 0 atom stereocenters. The summed E-state index contributed by atoms with van der Waals surface area (Å²) in [5.41, 5.74) is 5.14. The van der Waals surface area contributed by atoms with Gasteiger partial charge in [-0.3, -0.25) is 9.78 Å². The van der Waals surface area contributed by atoms with Crippen molar-refractivity contribution in [1.29, 1.82) is 0 Å². The number of para-hydroxylation sites is 2. The van der Waals surface area contributed by atoms with Crippen LogP contribution in [0, 0.1) is 13.8 Å². The Balaban J connectivity index is 1.83. The van der Waals surface area contributed by atoms with Gasteiger partial charge in [-0.1, -0.05) is 23.5 Å². The topological polar surface area (TPSA) is 69.4 Å². The molecule has 0 aliphatic carbocycles. The summed E-state index contributed by atoms with van der Waals surface area (Å²) in [6, 6.07) is 11.7. The van der Waals surface area contributed by atoms with Gasteiger partial charge in [0.15, 0.2) is 4.80 Å². The van der Waals surface area contributed by atoms with Crippen molar-refractivity contribution in [2.45, 2.75) is 20.4 Å². The summed E-state index contributed by atoms with van der Waals surface area (Å²) >= 11 is 1.50. The molecule has 0 unspecified atom stereocenters. The van der Waals surface area contributed by atoms with Gasteiger partial charge in [0.1, 0.15) is 5.69 Å². The van der Waals surface area contributed by atoms with Gasteiger partial charge in [-0.15, -0.1) is 0 Å². The number of rotatable bonds is 4. The molecule has 142 valence electrons. The standard InChI is InChI=1S/C21H20N4O2S/c1-13-10-18-19(11-14(13)2)28-21(25(18)8-9-27-3)24-20(26)17-12-22-15-6-4-5-7-16(15)23-17/h4-7,10-12H,8-9H2,1-3H3. The van der Waals surface area contributed by atoms with Crippen molar-refractivity contribution < 1.29 is 9.53 Å². The van der Waals surface area contributed by atoms with E-state index in [1.165, 1.54) is 28.7 Å². The van der Waals surface area contributed by atoms with Crippen LogP contribution < -0.4 is 4.80 Å². The first-order valence-corrected chi connectivity index (χ1v) is 9.79. The van der Waals surface area contributed by atoms with E-state index in [4.69, 9.17) is 4.74 Å². The molecule has 0 saturated carbocycles. The molecule has 0 saturated heterocycles. The highest BCUT2D eigenvalue weighted by atomic mass is 32.1. The molecule has 2 heterocycles. The first-order chi connectivity index (χ1) is 13.6. The van der Waals surface area contributed by atoms with Gasteiger partial charge in [-0.2, -0.15) is 4.99 Å². The van der Waals surface area contributed by atoms with Crippen molar-refractivity contribution in [3.63, 3.8) is 0 Å². The minimum absolute atomic E-state index is 0.238. The molecule has 0 fully saturated rings. The second-order valence-corrected chi connectivity index (χ2v) is 7.60. The summed E-state index contributed by atoms with van der Waals surface area (Å²) in [5.74, 6) is -0.399. The number of nitrogens with zero attached hydrogens (tertiary/aromatic N) is 4. The molecule has 28 heavy (non-hydrogen) atoms. The van der Waals surface area contributed by atoms with E-state index in [2.05, 4.69) is 40.9 Å². The van der Waals surface area contributed by atoms with Crippen LogP contribution in [0.5, 0.6) is 0 Å². The van der Waals surface area contributed by atoms with Crippen LogP contribution in [0.15, 0.2) is 47.6 Å². The van der Waals surface area contributed by atoms with Crippen molar-refractivity contribution in [2.75, 3.05) is 13.7 Å². The fourth-order valence-corrected chi connectivity index (χ4v) is 4.14. The predicted molar refractivity (Wildman–Crippen MR) is 111 cm³/mol. The number of thiazole rings is 1. The van der Waals surface area contributed by atoms with E-state index in [0.29, 0.717) is 23.5 Å². The van der Waals surface area contributed by atoms with Gasteiger partial charge < -0.3 is 9.30 Å². The molecule has 0 aliphatic rings. The fourth-order valence-electron chi connectivity index (χ4n) is 3.01. The smallest absolute Gasteiger partial charge is 0.299 e. The van der Waals surface area contributed by atoms with Crippen LogP contribution in [0.3, 0.4) is 0 Å². The van der Waals surface area contributed by atoms with E-state index < -0.39 is 5.91 Å². The van der Waals surface area contributed by atoms with Crippen LogP contribution in [0.1, 0.15) is 21.6 Å². The first kappa shape index (κ1) is 18.5. The number of carbonyl (C=O) groups is 1. The maximum Gasteiger partial charge on any atom is 0.299 e. The Morgan fingerprint density at radius 3 is 2.71 bits per heavy atom. The molecule has 1 amide bonds. The number of amides is 1. The van der Waals surface area contributed by atoms with E-state index in [1.807, 2.05) is 28.8 Å². The predicted octanol–water partition coefficient (Wildman–Crippen LogP) is 3.65. The largest absolute Gasteiger partial charge is 0.383 e. The quantitative estimate of drug-likeness (QED) is 0.532. The van der Waals surface area contributed by atoms with E-state index >= 15 is 0 Å². The number of ether oxygens (including phenoxy) is 1. The van der Waals surface area contributed by atoms with Gasteiger partial charge in [0, 0.05) is 13.7 Å². The summed E-state index contributed by atoms with van der Waals surface area (Å²) in [6.45, 7) is 5.32. The number of hydrogen-bond donors (Lipinski definition) is 0. The van der Waals surface area contributed by atoms with E-state index in [9.17, 15) is 4.79 Å². The molecule has 7 heteroatoms. The van der Waals surface area contributed by atoms with Gasteiger partial charge in [0.2, 0.25) is 0 Å². The van der Waals surface area contributed by atoms with Crippen LogP contribution in [0.4, 0.5) is 0 Å². The van der Waals surface area contributed by atoms with Crippen LogP contribution in [0.2, 0.25) is 0 Å². The molecular weight excluding hydrogens is 372 g/mol. The minimum atomic E-state index is -0.399. The Bertz CT molecular complexity index is 1260. The number of benzene rings is 2. The number of methoxy groups -OCH3 is 1. The highest BCUT2D eigenvalue weighted by Gasteiger charge is 2.12. The number of hydrogen-bond acceptors (Lipinski definition) is 5. The van der Waals surface area contributed by atoms with Crippen molar-refractivity contribution >= 4 is 38.5 Å². The zero-order chi connectivity index (χ0) is 19.7. The summed E-state index contributed by atoms with van der Waals surface area (Å²) in [4.78, 5) is 26.5. The zero-order valence-corrected chi connectivity index (χ0v) is 16.8. The van der Waals surface area contributed by atoms with Crippen LogP contribution >= 0.6 is 11.3 Å². The molecule has 4 rings (SSSR count). The molecule has 0 N–H and O–H groups in total. The highest BCUT2D eigenvalue weighted by molar-refractivity contribution is 7.16. The maximum atomic E-state index is 12.8. The lowest BCUT2D eigenvalue weighted by Gasteiger charge is -2.06. The minimum Gasteiger partial charge on any atom is -0.383 e. The third-order valence-electron chi connectivity index (χ3n) is 4.68. The van der Waals surface area contributed by atoms with Gasteiger partial charge in [-0.05, 0) is 49.2 Å². The third-order valence-corrected chi connectivity index (χ3v) is 5.72. The summed E-state index contributed by atoms with van der Waals surface area (Å²) in [6.07, 6.45) is 1.48. The zero-order valence-electron chi connectivity index (χ0n) is 16.0. The molecule has 0 bridgehead atoms. The maximum absolute atomic E-state index is 12.8. The first-order valence-electron chi connectivity index (χ1n) is 8.97. The monoisotopic (exact) mass is 392 g/mol. The van der Waals surface area contributed by atoms with Gasteiger partial charge >= 0.3 is 0 Å². The van der Waals surface area contributed by atoms with E-state index in [1.54, 1.807) is 7.11 Å². The summed E-state index contributed by atoms with van der Waals surface area (Å²) in [7, 11) is 1.66. The second kappa shape index (κ2) is 7.61. The molecule has 6 nitrogen and oxygen atoms in total. The Labute approximate surface area is 166 Å². The van der Waals surface area contributed by atoms with Gasteiger partial charge in [-0.25, -0.2) is 4.98 Å². The van der Waals surface area contributed by atoms with Crippen LogP contribution in [-0.4, -0.2) is 34.2 Å². The van der Waals surface area contributed by atoms with Crippen molar-refractivity contribution in [3.8, 4) is 0 Å². The van der Waals surface area contributed by atoms with Crippen LogP contribution in [0.25, 0.3) is 21.3 Å². The Morgan fingerprint density at radius 1 is 1.18 bits per heavy atom. The number of carbonyl (C=O) groups excluding carboxylic acids is 1. The third kappa shape index (κ3) is 3.46. The fraction of sp³-hybridized carbons (Fsp3) is 0.238. The van der Waals surface area contributed by atoms with Crippen molar-refractivity contribution in [1.82, 2.24) is 14.5 Å². The highest BCUT2D eigenvalue weighted by Crippen LogP contribution is 2.22. The molecule has 2 aromatic heterocycles. The Morgan fingerprint density at radius 2 is 1.93 bits per heavy atom. The number of aromatic nitrogens is 3. The average molecular weight is 392 g/mol. The number of aryl methyl sites for hydroxylation is 2. The Kier molecular flexibility index (Phi) is 5.02. The molecular formula is C21H20N4O2S.